The summed E-state index contributed by atoms with van der Waals surface area (Å²) in [5, 5.41) is 0. The van der Waals surface area contributed by atoms with Crippen LogP contribution >= 0.6 is 15.9 Å². The highest BCUT2D eigenvalue weighted by Crippen LogP contribution is 2.29. The smallest absolute Gasteiger partial charge is 0.253 e. The quantitative estimate of drug-likeness (QED) is 0.867. The fraction of sp³-hybridized carbons (Fsp3) is 0.500. The van der Waals surface area contributed by atoms with E-state index in [1.54, 1.807) is 0 Å². The molecule has 1 atom stereocenters. The maximum Gasteiger partial charge on any atom is 0.253 e. The van der Waals surface area contributed by atoms with Crippen molar-refractivity contribution in [2.75, 3.05) is 13.1 Å². The molecular weight excluding hydrogens is 292 g/mol. The molecule has 0 aliphatic carbocycles. The number of hydrogen-bond acceptors (Lipinski definition) is 2. The zero-order valence-electron chi connectivity index (χ0n) is 10.8. The van der Waals surface area contributed by atoms with Gasteiger partial charge in [0, 0.05) is 29.2 Å². The van der Waals surface area contributed by atoms with Crippen molar-refractivity contribution >= 4 is 21.8 Å². The average molecular weight is 311 g/mol. The Kier molecular flexibility index (Phi) is 3.78. The van der Waals surface area contributed by atoms with Crippen molar-refractivity contribution in [2.45, 2.75) is 26.3 Å². The minimum atomic E-state index is 0.0438. The highest BCUT2D eigenvalue weighted by molar-refractivity contribution is 9.10. The van der Waals surface area contributed by atoms with Gasteiger partial charge in [-0.15, -0.1) is 0 Å². The maximum absolute atomic E-state index is 12.4. The van der Waals surface area contributed by atoms with Gasteiger partial charge in [0.2, 0.25) is 0 Å². The normalized spacial score (nSPS) is 22.9. The van der Waals surface area contributed by atoms with Gasteiger partial charge in [0.15, 0.2) is 0 Å². The number of piperidine rings is 1. The second-order valence-electron chi connectivity index (χ2n) is 5.61. The molecule has 0 radical (unpaired) electrons. The molecule has 0 bridgehead atoms. The van der Waals surface area contributed by atoms with Crippen molar-refractivity contribution in [3.8, 4) is 0 Å². The number of carbonyl (C=O) groups is 1. The first-order chi connectivity index (χ1) is 8.40. The number of nitrogens with two attached hydrogens (primary N) is 1. The molecule has 1 aromatic rings. The molecule has 1 aromatic carbocycles. The highest BCUT2D eigenvalue weighted by atomic mass is 79.9. The van der Waals surface area contributed by atoms with Gasteiger partial charge in [-0.1, -0.05) is 35.8 Å². The molecule has 1 saturated heterocycles. The predicted octanol–water partition coefficient (Wildman–Crippen LogP) is 2.65. The van der Waals surface area contributed by atoms with Crippen LogP contribution in [0, 0.1) is 5.41 Å². The molecule has 2 rings (SSSR count). The Morgan fingerprint density at radius 2 is 2.22 bits per heavy atom. The van der Waals surface area contributed by atoms with Gasteiger partial charge < -0.3 is 10.6 Å². The number of benzene rings is 1. The van der Waals surface area contributed by atoms with Crippen molar-refractivity contribution < 1.29 is 4.79 Å². The molecule has 2 N–H and O–H groups in total. The van der Waals surface area contributed by atoms with Gasteiger partial charge in [-0.3, -0.25) is 4.79 Å². The second kappa shape index (κ2) is 5.02. The highest BCUT2D eigenvalue weighted by Gasteiger charge is 2.34. The largest absolute Gasteiger partial charge is 0.337 e. The fourth-order valence-electron chi connectivity index (χ4n) is 2.17. The molecule has 1 aliphatic heterocycles. The van der Waals surface area contributed by atoms with E-state index in [9.17, 15) is 4.79 Å². The Labute approximate surface area is 116 Å². The standard InChI is InChI=1S/C14H19BrN2O/c1-14(2)6-7-17(9-12(14)16)13(18)10-4-3-5-11(15)8-10/h3-5,8,12H,6-7,9,16H2,1-2H3. The van der Waals surface area contributed by atoms with Crippen LogP contribution in [0.4, 0.5) is 0 Å². The van der Waals surface area contributed by atoms with E-state index in [0.29, 0.717) is 6.54 Å². The number of nitrogens with zero attached hydrogens (tertiary/aromatic N) is 1. The maximum atomic E-state index is 12.4. The minimum absolute atomic E-state index is 0.0438. The molecular formula is C14H19BrN2O. The van der Waals surface area contributed by atoms with Crippen LogP contribution in [0.25, 0.3) is 0 Å². The first-order valence-corrected chi connectivity index (χ1v) is 7.00. The van der Waals surface area contributed by atoms with Crippen molar-refractivity contribution in [2.24, 2.45) is 11.1 Å². The third-order valence-corrected chi connectivity index (χ3v) is 4.30. The van der Waals surface area contributed by atoms with E-state index in [4.69, 9.17) is 5.73 Å². The van der Waals surface area contributed by atoms with E-state index < -0.39 is 0 Å². The lowest BCUT2D eigenvalue weighted by Gasteiger charge is -2.42. The van der Waals surface area contributed by atoms with Gasteiger partial charge in [0.05, 0.1) is 0 Å². The summed E-state index contributed by atoms with van der Waals surface area (Å²) in [4.78, 5) is 14.2. The summed E-state index contributed by atoms with van der Waals surface area (Å²) in [7, 11) is 0. The van der Waals surface area contributed by atoms with Crippen LogP contribution in [-0.4, -0.2) is 29.9 Å². The van der Waals surface area contributed by atoms with Crippen LogP contribution in [0.3, 0.4) is 0 Å². The SMILES string of the molecule is CC1(C)CCN(C(=O)c2cccc(Br)c2)CC1N. The number of carbonyl (C=O) groups excluding carboxylic acids is 1. The van der Waals surface area contributed by atoms with Crippen LogP contribution in [0.1, 0.15) is 30.6 Å². The topological polar surface area (TPSA) is 46.3 Å². The molecule has 98 valence electrons. The van der Waals surface area contributed by atoms with Crippen LogP contribution in [-0.2, 0) is 0 Å². The average Bonchev–Trinajstić information content (AvgIpc) is 2.32. The van der Waals surface area contributed by atoms with E-state index in [1.165, 1.54) is 0 Å². The lowest BCUT2D eigenvalue weighted by molar-refractivity contribution is 0.0575. The Hall–Kier alpha value is -0.870. The third kappa shape index (κ3) is 2.75. The number of likely N-dealkylation sites (tertiary alicyclic amines) is 1. The molecule has 1 fully saturated rings. The molecule has 1 unspecified atom stereocenters. The lowest BCUT2D eigenvalue weighted by atomic mass is 9.78. The molecule has 4 heteroatoms. The van der Waals surface area contributed by atoms with Gasteiger partial charge in [-0.05, 0) is 30.0 Å². The first-order valence-electron chi connectivity index (χ1n) is 6.20. The second-order valence-corrected chi connectivity index (χ2v) is 6.52. The van der Waals surface area contributed by atoms with Crippen molar-refractivity contribution in [3.63, 3.8) is 0 Å². The van der Waals surface area contributed by atoms with Crippen LogP contribution in [0.2, 0.25) is 0 Å². The van der Waals surface area contributed by atoms with Gasteiger partial charge >= 0.3 is 0 Å². The Balaban J connectivity index is 2.12. The van der Waals surface area contributed by atoms with Crippen molar-refractivity contribution in [1.29, 1.82) is 0 Å². The monoisotopic (exact) mass is 310 g/mol. The Morgan fingerprint density at radius 1 is 1.50 bits per heavy atom. The zero-order chi connectivity index (χ0) is 13.3. The van der Waals surface area contributed by atoms with Crippen molar-refractivity contribution in [1.82, 2.24) is 4.90 Å². The van der Waals surface area contributed by atoms with E-state index in [-0.39, 0.29) is 17.4 Å². The summed E-state index contributed by atoms with van der Waals surface area (Å²) >= 11 is 3.39. The summed E-state index contributed by atoms with van der Waals surface area (Å²) < 4.78 is 0.926. The van der Waals surface area contributed by atoms with E-state index in [1.807, 2.05) is 29.2 Å². The molecule has 1 amide bonds. The number of halogens is 1. The Morgan fingerprint density at radius 3 is 2.83 bits per heavy atom. The zero-order valence-corrected chi connectivity index (χ0v) is 12.4. The fourth-order valence-corrected chi connectivity index (χ4v) is 2.57. The molecule has 0 saturated carbocycles. The molecule has 1 aliphatic rings. The summed E-state index contributed by atoms with van der Waals surface area (Å²) in [5.74, 6) is 0.0715. The minimum Gasteiger partial charge on any atom is -0.337 e. The van der Waals surface area contributed by atoms with Crippen LogP contribution in [0.5, 0.6) is 0 Å². The number of hydrogen-bond donors (Lipinski definition) is 1. The van der Waals surface area contributed by atoms with Crippen LogP contribution < -0.4 is 5.73 Å². The van der Waals surface area contributed by atoms with Gasteiger partial charge in [-0.25, -0.2) is 0 Å². The van der Waals surface area contributed by atoms with Gasteiger partial charge in [-0.2, -0.15) is 0 Å². The molecule has 3 nitrogen and oxygen atoms in total. The molecule has 1 heterocycles. The van der Waals surface area contributed by atoms with Gasteiger partial charge in [0.1, 0.15) is 0 Å². The number of amides is 1. The Bertz CT molecular complexity index is 459. The van der Waals surface area contributed by atoms with E-state index in [0.717, 1.165) is 23.0 Å². The van der Waals surface area contributed by atoms with E-state index in [2.05, 4.69) is 29.8 Å². The molecule has 18 heavy (non-hydrogen) atoms. The summed E-state index contributed by atoms with van der Waals surface area (Å²) in [6, 6.07) is 7.54. The first kappa shape index (κ1) is 13.6. The third-order valence-electron chi connectivity index (χ3n) is 3.81. The summed E-state index contributed by atoms with van der Waals surface area (Å²) in [5.41, 5.74) is 6.98. The van der Waals surface area contributed by atoms with Gasteiger partial charge in [0.25, 0.3) is 5.91 Å². The number of rotatable bonds is 1. The molecule has 0 aromatic heterocycles. The van der Waals surface area contributed by atoms with Crippen molar-refractivity contribution in [3.05, 3.63) is 34.3 Å². The predicted molar refractivity (Wildman–Crippen MR) is 76.4 cm³/mol. The summed E-state index contributed by atoms with van der Waals surface area (Å²) in [6.07, 6.45) is 0.952. The summed E-state index contributed by atoms with van der Waals surface area (Å²) in [6.45, 7) is 5.75. The van der Waals surface area contributed by atoms with Crippen LogP contribution in [0.15, 0.2) is 28.7 Å². The van der Waals surface area contributed by atoms with E-state index >= 15 is 0 Å². The lowest BCUT2D eigenvalue weighted by Crippen LogP contribution is -2.54. The molecule has 0 spiro atoms.